The molecule has 148 valence electrons. The van der Waals surface area contributed by atoms with Crippen molar-refractivity contribution >= 4 is 23.2 Å². The molecule has 2 aromatic carbocycles. The highest BCUT2D eigenvalue weighted by Gasteiger charge is 2.15. The predicted octanol–water partition coefficient (Wildman–Crippen LogP) is 5.50. The summed E-state index contributed by atoms with van der Waals surface area (Å²) < 4.78 is 13.9. The second kappa shape index (κ2) is 9.20. The summed E-state index contributed by atoms with van der Waals surface area (Å²) in [5.74, 6) is -0.317. The highest BCUT2D eigenvalue weighted by atomic mass is 19.1. The van der Waals surface area contributed by atoms with Gasteiger partial charge in [-0.25, -0.2) is 4.39 Å². The van der Waals surface area contributed by atoms with E-state index in [0.29, 0.717) is 23.2 Å². The van der Waals surface area contributed by atoms with Gasteiger partial charge >= 0.3 is 0 Å². The van der Waals surface area contributed by atoms with Crippen LogP contribution in [-0.4, -0.2) is 12.3 Å². The van der Waals surface area contributed by atoms with Crippen LogP contribution in [0.5, 0.6) is 0 Å². The fraction of sp³-hybridized carbons (Fsp3) is 0.160. The largest absolute Gasteiger partial charge is 0.398 e. The number of allylic oxidation sites excluding steroid dienone is 4. The molecule has 0 amide bonds. The Morgan fingerprint density at radius 3 is 2.76 bits per heavy atom. The molecule has 4 heteroatoms. The lowest BCUT2D eigenvalue weighted by molar-refractivity contribution is 0.625. The first-order valence-electron chi connectivity index (χ1n) is 9.71. The van der Waals surface area contributed by atoms with Crippen LogP contribution in [0.15, 0.2) is 72.9 Å². The van der Waals surface area contributed by atoms with Crippen LogP contribution in [0.1, 0.15) is 35.6 Å². The number of benzene rings is 2. The van der Waals surface area contributed by atoms with Crippen LogP contribution in [0.3, 0.4) is 0 Å². The van der Waals surface area contributed by atoms with Crippen molar-refractivity contribution in [3.05, 3.63) is 101 Å². The van der Waals surface area contributed by atoms with E-state index in [4.69, 9.17) is 11.1 Å². The van der Waals surface area contributed by atoms with Gasteiger partial charge in [-0.05, 0) is 48.3 Å². The van der Waals surface area contributed by atoms with Gasteiger partial charge in [0.15, 0.2) is 0 Å². The van der Waals surface area contributed by atoms with Gasteiger partial charge in [0.2, 0.25) is 0 Å². The van der Waals surface area contributed by atoms with Crippen molar-refractivity contribution < 1.29 is 4.39 Å². The Hall–Kier alpha value is -3.40. The van der Waals surface area contributed by atoms with Crippen LogP contribution >= 0.6 is 0 Å². The maximum Gasteiger partial charge on any atom is 0.130 e. The Balaban J connectivity index is 1.86. The summed E-state index contributed by atoms with van der Waals surface area (Å²) in [5.41, 5.74) is 12.1. The molecule has 4 N–H and O–H groups in total. The first-order valence-corrected chi connectivity index (χ1v) is 9.71. The minimum absolute atomic E-state index is 0.250. The van der Waals surface area contributed by atoms with Gasteiger partial charge in [-0.15, -0.1) is 0 Å². The fourth-order valence-electron chi connectivity index (χ4n) is 3.44. The molecule has 0 heterocycles. The SMILES string of the molecule is C=C(NCC1=CC=CC1)c1ccc(N)c(C(=N)/C=C/c2ccccc2F)c1CC. The summed E-state index contributed by atoms with van der Waals surface area (Å²) in [7, 11) is 0. The van der Waals surface area contributed by atoms with Gasteiger partial charge in [0.1, 0.15) is 5.82 Å². The van der Waals surface area contributed by atoms with Crippen LogP contribution in [0.4, 0.5) is 10.1 Å². The van der Waals surface area contributed by atoms with Crippen molar-refractivity contribution in [3.8, 4) is 0 Å². The summed E-state index contributed by atoms with van der Waals surface area (Å²) in [6.45, 7) is 6.96. The van der Waals surface area contributed by atoms with E-state index in [1.165, 1.54) is 11.6 Å². The second-order valence-corrected chi connectivity index (χ2v) is 6.97. The lowest BCUT2D eigenvalue weighted by Crippen LogP contribution is -2.17. The molecule has 0 unspecified atom stereocenters. The van der Waals surface area contributed by atoms with Crippen molar-refractivity contribution in [2.75, 3.05) is 12.3 Å². The molecular weight excluding hydrogens is 361 g/mol. The van der Waals surface area contributed by atoms with E-state index < -0.39 is 0 Å². The van der Waals surface area contributed by atoms with Crippen molar-refractivity contribution in [2.45, 2.75) is 19.8 Å². The molecule has 0 saturated heterocycles. The van der Waals surface area contributed by atoms with E-state index in [1.54, 1.807) is 36.4 Å². The summed E-state index contributed by atoms with van der Waals surface area (Å²) in [5, 5.41) is 11.9. The Kier molecular flexibility index (Phi) is 6.45. The quantitative estimate of drug-likeness (QED) is 0.414. The Bertz CT molecular complexity index is 1030. The third-order valence-corrected chi connectivity index (χ3v) is 5.00. The van der Waals surface area contributed by atoms with Gasteiger partial charge in [-0.1, -0.05) is 56.0 Å². The molecule has 0 spiro atoms. The highest BCUT2D eigenvalue weighted by molar-refractivity contribution is 6.13. The third kappa shape index (κ3) is 4.72. The van der Waals surface area contributed by atoms with Gasteiger partial charge in [-0.2, -0.15) is 0 Å². The molecule has 0 bridgehead atoms. The molecule has 1 aliphatic carbocycles. The van der Waals surface area contributed by atoms with Crippen LogP contribution < -0.4 is 11.1 Å². The van der Waals surface area contributed by atoms with E-state index in [9.17, 15) is 4.39 Å². The Morgan fingerprint density at radius 2 is 2.07 bits per heavy atom. The molecule has 0 atom stereocenters. The molecule has 0 saturated carbocycles. The van der Waals surface area contributed by atoms with Crippen molar-refractivity contribution in [2.24, 2.45) is 0 Å². The number of halogens is 1. The molecule has 3 rings (SSSR count). The maximum atomic E-state index is 13.9. The maximum absolute atomic E-state index is 13.9. The minimum Gasteiger partial charge on any atom is -0.398 e. The van der Waals surface area contributed by atoms with Gasteiger partial charge in [0, 0.05) is 34.6 Å². The number of rotatable bonds is 8. The Labute approximate surface area is 171 Å². The van der Waals surface area contributed by atoms with Crippen molar-refractivity contribution in [1.29, 1.82) is 5.41 Å². The zero-order valence-electron chi connectivity index (χ0n) is 16.6. The molecular formula is C25H26FN3. The summed E-state index contributed by atoms with van der Waals surface area (Å²) in [6.07, 6.45) is 11.2. The number of nitrogens with two attached hydrogens (primary N) is 1. The zero-order chi connectivity index (χ0) is 20.8. The fourth-order valence-corrected chi connectivity index (χ4v) is 3.44. The van der Waals surface area contributed by atoms with E-state index in [1.807, 2.05) is 13.0 Å². The van der Waals surface area contributed by atoms with Gasteiger partial charge < -0.3 is 16.5 Å². The van der Waals surface area contributed by atoms with Gasteiger partial charge in [-0.3, -0.25) is 0 Å². The molecule has 0 aromatic heterocycles. The first kappa shape index (κ1) is 20.3. The standard InChI is InChI=1S/C25H26FN3/c1-3-20-21(17(2)29-16-18-8-4-5-9-18)13-15-24(28)25(20)23(27)14-12-19-10-6-7-11-22(19)26/h4-8,10-15,27,29H,2-3,9,16,28H2,1H3/b14-12+,27-23?. The summed E-state index contributed by atoms with van der Waals surface area (Å²) in [4.78, 5) is 0. The Morgan fingerprint density at radius 1 is 1.28 bits per heavy atom. The number of nitrogens with one attached hydrogen (secondary N) is 2. The van der Waals surface area contributed by atoms with Crippen molar-refractivity contribution in [1.82, 2.24) is 5.32 Å². The van der Waals surface area contributed by atoms with E-state index in [-0.39, 0.29) is 11.5 Å². The smallest absolute Gasteiger partial charge is 0.130 e. The van der Waals surface area contributed by atoms with Crippen LogP contribution in [0.2, 0.25) is 0 Å². The number of hydrogen-bond acceptors (Lipinski definition) is 3. The highest BCUT2D eigenvalue weighted by Crippen LogP contribution is 2.27. The molecule has 0 radical (unpaired) electrons. The van der Waals surface area contributed by atoms with Crippen LogP contribution in [0.25, 0.3) is 11.8 Å². The van der Waals surface area contributed by atoms with E-state index in [0.717, 1.165) is 29.8 Å². The average molecular weight is 388 g/mol. The molecule has 0 aliphatic heterocycles. The lowest BCUT2D eigenvalue weighted by atomic mass is 9.92. The monoisotopic (exact) mass is 387 g/mol. The normalized spacial score (nSPS) is 13.0. The second-order valence-electron chi connectivity index (χ2n) is 6.97. The number of nitrogen functional groups attached to an aromatic ring is 1. The number of hydrogen-bond donors (Lipinski definition) is 3. The summed E-state index contributed by atoms with van der Waals surface area (Å²) in [6, 6.07) is 10.2. The number of anilines is 1. The molecule has 1 aliphatic rings. The minimum atomic E-state index is -0.317. The van der Waals surface area contributed by atoms with Gasteiger partial charge in [0.25, 0.3) is 0 Å². The molecule has 3 nitrogen and oxygen atoms in total. The van der Waals surface area contributed by atoms with E-state index >= 15 is 0 Å². The third-order valence-electron chi connectivity index (χ3n) is 5.00. The predicted molar refractivity (Wildman–Crippen MR) is 121 cm³/mol. The van der Waals surface area contributed by atoms with Crippen LogP contribution in [0, 0.1) is 11.2 Å². The summed E-state index contributed by atoms with van der Waals surface area (Å²) >= 11 is 0. The topological polar surface area (TPSA) is 61.9 Å². The van der Waals surface area contributed by atoms with Crippen LogP contribution in [-0.2, 0) is 6.42 Å². The molecule has 2 aromatic rings. The molecule has 29 heavy (non-hydrogen) atoms. The zero-order valence-corrected chi connectivity index (χ0v) is 16.6. The average Bonchev–Trinajstić information content (AvgIpc) is 3.24. The molecule has 0 fully saturated rings. The lowest BCUT2D eigenvalue weighted by Gasteiger charge is -2.18. The van der Waals surface area contributed by atoms with E-state index in [2.05, 4.69) is 30.1 Å². The van der Waals surface area contributed by atoms with Crippen molar-refractivity contribution in [3.63, 3.8) is 0 Å². The van der Waals surface area contributed by atoms with Gasteiger partial charge in [0.05, 0.1) is 5.71 Å². The first-order chi connectivity index (χ1) is 14.0.